The third-order valence-electron chi connectivity index (χ3n) is 1.48. The van der Waals surface area contributed by atoms with Crippen molar-refractivity contribution in [3.8, 4) is 0 Å². The van der Waals surface area contributed by atoms with Gasteiger partial charge in [0.15, 0.2) is 0 Å². The van der Waals surface area contributed by atoms with Crippen LogP contribution in [0.4, 0.5) is 0 Å². The summed E-state index contributed by atoms with van der Waals surface area (Å²) in [6, 6.07) is 0. The molecule has 0 aliphatic rings. The Hall–Kier alpha value is -0.0800. The molecule has 1 N–H and O–H groups in total. The van der Waals surface area contributed by atoms with Gasteiger partial charge in [-0.2, -0.15) is 0 Å². The summed E-state index contributed by atoms with van der Waals surface area (Å²) in [6.07, 6.45) is 1.46. The highest BCUT2D eigenvalue weighted by Gasteiger charge is 2.19. The largest absolute Gasteiger partial charge is 0.393 e. The van der Waals surface area contributed by atoms with Gasteiger partial charge in [-0.25, -0.2) is 0 Å². The van der Waals surface area contributed by atoms with Crippen LogP contribution in [0.25, 0.3) is 0 Å². The van der Waals surface area contributed by atoms with E-state index in [4.69, 9.17) is 9.84 Å². The van der Waals surface area contributed by atoms with Crippen molar-refractivity contribution in [2.24, 2.45) is 0 Å². The molecule has 1 atom stereocenters. The van der Waals surface area contributed by atoms with Crippen molar-refractivity contribution in [3.63, 3.8) is 0 Å². The third-order valence-corrected chi connectivity index (χ3v) is 1.48. The molecule has 68 valence electrons. The van der Waals surface area contributed by atoms with Crippen molar-refractivity contribution in [1.82, 2.24) is 0 Å². The van der Waals surface area contributed by atoms with E-state index in [-0.39, 0.29) is 11.7 Å². The minimum atomic E-state index is -0.276. The Morgan fingerprint density at radius 3 is 2.36 bits per heavy atom. The lowest BCUT2D eigenvalue weighted by molar-refractivity contribution is -0.0457. The zero-order valence-electron chi connectivity index (χ0n) is 8.05. The van der Waals surface area contributed by atoms with Crippen LogP contribution in [0.15, 0.2) is 0 Å². The van der Waals surface area contributed by atoms with Gasteiger partial charge < -0.3 is 9.84 Å². The topological polar surface area (TPSA) is 29.5 Å². The Labute approximate surface area is 69.6 Å². The number of aliphatic hydroxyl groups is 1. The van der Waals surface area contributed by atoms with Gasteiger partial charge in [-0.15, -0.1) is 0 Å². The summed E-state index contributed by atoms with van der Waals surface area (Å²) in [5.41, 5.74) is -0.176. The average molecular weight is 160 g/mol. The Morgan fingerprint density at radius 2 is 2.00 bits per heavy atom. The van der Waals surface area contributed by atoms with Gasteiger partial charge in [-0.3, -0.25) is 0 Å². The van der Waals surface area contributed by atoms with E-state index in [0.717, 1.165) is 13.0 Å². The smallest absolute Gasteiger partial charge is 0.0651 e. The van der Waals surface area contributed by atoms with Crippen LogP contribution >= 0.6 is 0 Å². The van der Waals surface area contributed by atoms with Gasteiger partial charge in [0.2, 0.25) is 0 Å². The predicted octanol–water partition coefficient (Wildman–Crippen LogP) is 1.96. The predicted molar refractivity (Wildman–Crippen MR) is 46.6 cm³/mol. The van der Waals surface area contributed by atoms with Crippen molar-refractivity contribution >= 4 is 0 Å². The van der Waals surface area contributed by atoms with Gasteiger partial charge in [0.1, 0.15) is 0 Å². The number of hydrogen-bond donors (Lipinski definition) is 1. The molecule has 0 rings (SSSR count). The molecule has 11 heavy (non-hydrogen) atoms. The fourth-order valence-corrected chi connectivity index (χ4v) is 1.15. The second-order valence-corrected chi connectivity index (χ2v) is 3.66. The molecule has 0 radical (unpaired) electrons. The summed E-state index contributed by atoms with van der Waals surface area (Å²) in [5, 5.41) is 9.11. The van der Waals surface area contributed by atoms with Crippen LogP contribution in [0.3, 0.4) is 0 Å². The van der Waals surface area contributed by atoms with E-state index in [2.05, 4.69) is 6.92 Å². The van der Waals surface area contributed by atoms with Gasteiger partial charge in [-0.1, -0.05) is 6.92 Å². The number of hydrogen-bond acceptors (Lipinski definition) is 2. The molecule has 0 spiro atoms. The highest BCUT2D eigenvalue weighted by atomic mass is 16.5. The molecule has 2 heteroatoms. The molecular formula is C9H20O2. The molecule has 0 aliphatic carbocycles. The second-order valence-electron chi connectivity index (χ2n) is 3.66. The minimum absolute atomic E-state index is 0.176. The number of rotatable bonds is 5. The maximum Gasteiger partial charge on any atom is 0.0651 e. The summed E-state index contributed by atoms with van der Waals surface area (Å²) in [4.78, 5) is 0. The molecule has 0 amide bonds. The third kappa shape index (κ3) is 6.32. The lowest BCUT2D eigenvalue weighted by Crippen LogP contribution is -2.29. The van der Waals surface area contributed by atoms with Crippen molar-refractivity contribution in [1.29, 1.82) is 0 Å². The van der Waals surface area contributed by atoms with Gasteiger partial charge in [0.25, 0.3) is 0 Å². The molecule has 0 saturated carbocycles. The Morgan fingerprint density at radius 1 is 1.45 bits per heavy atom. The van der Waals surface area contributed by atoms with Crippen LogP contribution in [0, 0.1) is 0 Å². The SMILES string of the molecule is CCCOC(C)(C)CC(C)O. The highest BCUT2D eigenvalue weighted by Crippen LogP contribution is 2.16. The van der Waals surface area contributed by atoms with E-state index in [9.17, 15) is 0 Å². The van der Waals surface area contributed by atoms with Crippen molar-refractivity contribution in [2.45, 2.75) is 52.2 Å². The summed E-state index contributed by atoms with van der Waals surface area (Å²) >= 11 is 0. The Kier molecular flexibility index (Phi) is 4.69. The molecule has 0 aliphatic heterocycles. The fourth-order valence-electron chi connectivity index (χ4n) is 1.15. The van der Waals surface area contributed by atoms with E-state index >= 15 is 0 Å². The molecule has 0 heterocycles. The first kappa shape index (κ1) is 10.9. The van der Waals surface area contributed by atoms with Gasteiger partial charge in [0.05, 0.1) is 11.7 Å². The average Bonchev–Trinajstić information content (AvgIpc) is 1.81. The summed E-state index contributed by atoms with van der Waals surface area (Å²) in [5.74, 6) is 0. The van der Waals surface area contributed by atoms with Crippen LogP contribution in [0.5, 0.6) is 0 Å². The molecule has 0 aromatic heterocycles. The Balaban J connectivity index is 3.61. The van der Waals surface area contributed by atoms with Gasteiger partial charge >= 0.3 is 0 Å². The molecule has 0 saturated heterocycles. The molecular weight excluding hydrogens is 140 g/mol. The number of aliphatic hydroxyl groups excluding tert-OH is 1. The highest BCUT2D eigenvalue weighted by molar-refractivity contribution is 4.71. The first-order valence-corrected chi connectivity index (χ1v) is 4.30. The summed E-state index contributed by atoms with van der Waals surface area (Å²) in [6.45, 7) is 8.67. The van der Waals surface area contributed by atoms with E-state index in [0.29, 0.717) is 6.42 Å². The van der Waals surface area contributed by atoms with Crippen molar-refractivity contribution < 1.29 is 9.84 Å². The van der Waals surface area contributed by atoms with Gasteiger partial charge in [0, 0.05) is 13.0 Å². The fraction of sp³-hybridized carbons (Fsp3) is 1.00. The molecule has 0 aromatic carbocycles. The number of ether oxygens (including phenoxy) is 1. The van der Waals surface area contributed by atoms with Crippen LogP contribution in [0.1, 0.15) is 40.5 Å². The molecule has 0 bridgehead atoms. The maximum absolute atomic E-state index is 9.11. The Bertz CT molecular complexity index is 97.7. The van der Waals surface area contributed by atoms with Crippen LogP contribution < -0.4 is 0 Å². The normalized spacial score (nSPS) is 15.0. The second kappa shape index (κ2) is 4.73. The summed E-state index contributed by atoms with van der Waals surface area (Å²) < 4.78 is 5.53. The molecule has 0 fully saturated rings. The molecule has 1 unspecified atom stereocenters. The lowest BCUT2D eigenvalue weighted by Gasteiger charge is -2.26. The van der Waals surface area contributed by atoms with E-state index in [1.165, 1.54) is 0 Å². The lowest BCUT2D eigenvalue weighted by atomic mass is 10.0. The zero-order chi connectivity index (χ0) is 8.91. The maximum atomic E-state index is 9.11. The first-order chi connectivity index (χ1) is 4.98. The minimum Gasteiger partial charge on any atom is -0.393 e. The van der Waals surface area contributed by atoms with E-state index in [1.807, 2.05) is 13.8 Å². The quantitative estimate of drug-likeness (QED) is 0.666. The van der Waals surface area contributed by atoms with Gasteiger partial charge in [-0.05, 0) is 27.2 Å². The van der Waals surface area contributed by atoms with Crippen LogP contribution in [-0.2, 0) is 4.74 Å². The molecule has 2 nitrogen and oxygen atoms in total. The van der Waals surface area contributed by atoms with E-state index in [1.54, 1.807) is 6.92 Å². The zero-order valence-corrected chi connectivity index (χ0v) is 8.05. The van der Waals surface area contributed by atoms with Crippen LogP contribution in [0.2, 0.25) is 0 Å². The molecule has 0 aromatic rings. The monoisotopic (exact) mass is 160 g/mol. The van der Waals surface area contributed by atoms with E-state index < -0.39 is 0 Å². The summed E-state index contributed by atoms with van der Waals surface area (Å²) in [7, 11) is 0. The van der Waals surface area contributed by atoms with Crippen LogP contribution in [-0.4, -0.2) is 23.4 Å². The van der Waals surface area contributed by atoms with Crippen molar-refractivity contribution in [2.75, 3.05) is 6.61 Å². The first-order valence-electron chi connectivity index (χ1n) is 4.30. The van der Waals surface area contributed by atoms with Crippen molar-refractivity contribution in [3.05, 3.63) is 0 Å². The standard InChI is InChI=1S/C9H20O2/c1-5-6-11-9(3,4)7-8(2)10/h8,10H,5-7H2,1-4H3.